The SMILES string of the molecule is O=C(Nc1ccc2c(c1)OCCO2)c1ccc2c(=O)n3c(nc2c1)CCC3. The average Bonchev–Trinajstić information content (AvgIpc) is 3.16. The van der Waals surface area contributed by atoms with Crippen molar-refractivity contribution in [3.63, 3.8) is 0 Å². The minimum Gasteiger partial charge on any atom is -0.486 e. The number of ether oxygens (including phenoxy) is 2. The van der Waals surface area contributed by atoms with Gasteiger partial charge in [-0.1, -0.05) is 0 Å². The van der Waals surface area contributed by atoms with Crippen molar-refractivity contribution in [1.82, 2.24) is 9.55 Å². The Morgan fingerprint density at radius 2 is 1.93 bits per heavy atom. The molecule has 7 heteroatoms. The highest BCUT2D eigenvalue weighted by atomic mass is 16.6. The van der Waals surface area contributed by atoms with E-state index < -0.39 is 0 Å². The van der Waals surface area contributed by atoms with Crippen molar-refractivity contribution in [2.75, 3.05) is 18.5 Å². The molecule has 0 radical (unpaired) electrons. The molecule has 2 aliphatic rings. The van der Waals surface area contributed by atoms with Crippen LogP contribution in [-0.4, -0.2) is 28.7 Å². The van der Waals surface area contributed by atoms with Crippen molar-refractivity contribution in [1.29, 1.82) is 0 Å². The molecule has 27 heavy (non-hydrogen) atoms. The Kier molecular flexibility index (Phi) is 3.60. The Labute approximate surface area is 154 Å². The first-order chi connectivity index (χ1) is 13.2. The van der Waals surface area contributed by atoms with Crippen LogP contribution >= 0.6 is 0 Å². The Morgan fingerprint density at radius 1 is 1.07 bits per heavy atom. The van der Waals surface area contributed by atoms with Crippen molar-refractivity contribution in [3.05, 3.63) is 58.1 Å². The lowest BCUT2D eigenvalue weighted by molar-refractivity contribution is 0.102. The molecule has 136 valence electrons. The summed E-state index contributed by atoms with van der Waals surface area (Å²) in [6, 6.07) is 10.3. The predicted molar refractivity (Wildman–Crippen MR) is 99.7 cm³/mol. The maximum absolute atomic E-state index is 12.7. The van der Waals surface area contributed by atoms with Gasteiger partial charge in [-0.15, -0.1) is 0 Å². The molecule has 0 fully saturated rings. The largest absolute Gasteiger partial charge is 0.486 e. The number of benzene rings is 2. The third-order valence-corrected chi connectivity index (χ3v) is 4.88. The van der Waals surface area contributed by atoms with E-state index >= 15 is 0 Å². The van der Waals surface area contributed by atoms with Crippen LogP contribution < -0.4 is 20.3 Å². The van der Waals surface area contributed by atoms with Crippen LogP contribution in [0.5, 0.6) is 11.5 Å². The number of carbonyl (C=O) groups is 1. The molecule has 2 aliphatic heterocycles. The second-order valence-electron chi connectivity index (χ2n) is 6.63. The zero-order valence-corrected chi connectivity index (χ0v) is 14.5. The van der Waals surface area contributed by atoms with Crippen molar-refractivity contribution >= 4 is 22.5 Å². The van der Waals surface area contributed by atoms with Crippen LogP contribution in [0.2, 0.25) is 0 Å². The topological polar surface area (TPSA) is 82.5 Å². The molecule has 1 amide bonds. The van der Waals surface area contributed by atoms with Gasteiger partial charge in [0, 0.05) is 30.3 Å². The van der Waals surface area contributed by atoms with Crippen LogP contribution in [0, 0.1) is 0 Å². The van der Waals surface area contributed by atoms with Crippen LogP contribution in [0.3, 0.4) is 0 Å². The van der Waals surface area contributed by atoms with Gasteiger partial charge < -0.3 is 14.8 Å². The van der Waals surface area contributed by atoms with E-state index in [2.05, 4.69) is 10.3 Å². The second kappa shape index (κ2) is 6.12. The highest BCUT2D eigenvalue weighted by molar-refractivity contribution is 6.06. The minimum absolute atomic E-state index is 0.0358. The summed E-state index contributed by atoms with van der Waals surface area (Å²) in [5, 5.41) is 3.39. The van der Waals surface area contributed by atoms with Crippen molar-refractivity contribution in [2.45, 2.75) is 19.4 Å². The smallest absolute Gasteiger partial charge is 0.261 e. The van der Waals surface area contributed by atoms with Gasteiger partial charge in [0.15, 0.2) is 11.5 Å². The lowest BCUT2D eigenvalue weighted by Crippen LogP contribution is -2.21. The number of rotatable bonds is 2. The van der Waals surface area contributed by atoms with E-state index in [4.69, 9.17) is 9.47 Å². The highest BCUT2D eigenvalue weighted by Gasteiger charge is 2.18. The highest BCUT2D eigenvalue weighted by Crippen LogP contribution is 2.32. The molecule has 0 saturated carbocycles. The zero-order chi connectivity index (χ0) is 18.4. The third kappa shape index (κ3) is 2.71. The van der Waals surface area contributed by atoms with Crippen molar-refractivity contribution in [3.8, 4) is 11.5 Å². The van der Waals surface area contributed by atoms with Crippen LogP contribution in [0.25, 0.3) is 10.9 Å². The van der Waals surface area contributed by atoms with E-state index in [-0.39, 0.29) is 11.5 Å². The standard InChI is InChI=1S/C20H17N3O4/c24-19(21-13-4-6-16-17(11-13)27-9-8-26-16)12-3-5-14-15(10-12)22-18-2-1-7-23(18)20(14)25/h3-6,10-11H,1-2,7-9H2,(H,21,24). The number of nitrogens with one attached hydrogen (secondary N) is 1. The Hall–Kier alpha value is -3.35. The summed E-state index contributed by atoms with van der Waals surface area (Å²) in [4.78, 5) is 29.7. The summed E-state index contributed by atoms with van der Waals surface area (Å²) in [5.41, 5.74) is 1.59. The summed E-state index contributed by atoms with van der Waals surface area (Å²) < 4.78 is 12.7. The molecule has 0 aliphatic carbocycles. The first-order valence-electron chi connectivity index (χ1n) is 8.93. The Bertz CT molecular complexity index is 1140. The second-order valence-corrected chi connectivity index (χ2v) is 6.63. The van der Waals surface area contributed by atoms with Gasteiger partial charge in [-0.3, -0.25) is 14.2 Å². The number of aryl methyl sites for hydroxylation is 1. The number of anilines is 1. The van der Waals surface area contributed by atoms with Gasteiger partial charge in [-0.2, -0.15) is 0 Å². The Balaban J connectivity index is 1.46. The third-order valence-electron chi connectivity index (χ3n) is 4.88. The van der Waals surface area contributed by atoms with Crippen LogP contribution in [0.1, 0.15) is 22.6 Å². The molecule has 1 aromatic heterocycles. The number of nitrogens with zero attached hydrogens (tertiary/aromatic N) is 2. The number of hydrogen-bond acceptors (Lipinski definition) is 5. The van der Waals surface area contributed by atoms with E-state index in [9.17, 15) is 9.59 Å². The molecule has 7 nitrogen and oxygen atoms in total. The van der Waals surface area contributed by atoms with Gasteiger partial charge in [0.05, 0.1) is 10.9 Å². The van der Waals surface area contributed by atoms with Crippen LogP contribution in [-0.2, 0) is 13.0 Å². The van der Waals surface area contributed by atoms with Crippen molar-refractivity contribution in [2.24, 2.45) is 0 Å². The molecule has 0 unspecified atom stereocenters. The first-order valence-corrected chi connectivity index (χ1v) is 8.93. The number of amides is 1. The van der Waals surface area contributed by atoms with Crippen LogP contribution in [0.15, 0.2) is 41.2 Å². The quantitative estimate of drug-likeness (QED) is 0.756. The van der Waals surface area contributed by atoms with Gasteiger partial charge >= 0.3 is 0 Å². The monoisotopic (exact) mass is 363 g/mol. The minimum atomic E-state index is -0.268. The van der Waals surface area contributed by atoms with E-state index in [0.29, 0.717) is 53.4 Å². The fourth-order valence-corrected chi connectivity index (χ4v) is 3.55. The summed E-state index contributed by atoms with van der Waals surface area (Å²) >= 11 is 0. The molecular formula is C20H17N3O4. The lowest BCUT2D eigenvalue weighted by Gasteiger charge is -2.19. The van der Waals surface area contributed by atoms with Crippen LogP contribution in [0.4, 0.5) is 5.69 Å². The molecule has 2 aromatic carbocycles. The van der Waals surface area contributed by atoms with Gasteiger partial charge in [0.2, 0.25) is 0 Å². The van der Waals surface area contributed by atoms with E-state index in [1.807, 2.05) is 0 Å². The number of fused-ring (bicyclic) bond motifs is 3. The predicted octanol–water partition coefficient (Wildman–Crippen LogP) is 2.37. The molecule has 0 saturated heterocycles. The number of aromatic nitrogens is 2. The number of carbonyl (C=O) groups excluding carboxylic acids is 1. The molecule has 5 rings (SSSR count). The molecule has 3 aromatic rings. The fourth-order valence-electron chi connectivity index (χ4n) is 3.55. The number of hydrogen-bond donors (Lipinski definition) is 1. The molecule has 0 atom stereocenters. The van der Waals surface area contributed by atoms with Gasteiger partial charge in [-0.05, 0) is 36.8 Å². The van der Waals surface area contributed by atoms with Gasteiger partial charge in [0.1, 0.15) is 19.0 Å². The summed E-state index contributed by atoms with van der Waals surface area (Å²) in [6.45, 7) is 1.72. The molecule has 0 bridgehead atoms. The van der Waals surface area contributed by atoms with E-state index in [1.165, 1.54) is 0 Å². The summed E-state index contributed by atoms with van der Waals surface area (Å²) in [7, 11) is 0. The Morgan fingerprint density at radius 3 is 2.81 bits per heavy atom. The molecule has 1 N–H and O–H groups in total. The maximum Gasteiger partial charge on any atom is 0.261 e. The van der Waals surface area contributed by atoms with E-state index in [1.54, 1.807) is 41.0 Å². The molecular weight excluding hydrogens is 346 g/mol. The molecule has 3 heterocycles. The summed E-state index contributed by atoms with van der Waals surface area (Å²) in [5.74, 6) is 1.80. The molecule has 0 spiro atoms. The van der Waals surface area contributed by atoms with Gasteiger partial charge in [0.25, 0.3) is 11.5 Å². The normalized spacial score (nSPS) is 14.8. The fraction of sp³-hybridized carbons (Fsp3) is 0.250. The summed E-state index contributed by atoms with van der Waals surface area (Å²) in [6.07, 6.45) is 1.72. The zero-order valence-electron chi connectivity index (χ0n) is 14.5. The average molecular weight is 363 g/mol. The van der Waals surface area contributed by atoms with E-state index in [0.717, 1.165) is 18.7 Å². The maximum atomic E-state index is 12.7. The lowest BCUT2D eigenvalue weighted by atomic mass is 10.1. The van der Waals surface area contributed by atoms with Crippen molar-refractivity contribution < 1.29 is 14.3 Å². The van der Waals surface area contributed by atoms with Gasteiger partial charge in [-0.25, -0.2) is 4.98 Å². The first kappa shape index (κ1) is 15.9.